The Bertz CT molecular complexity index is 941. The number of hydrazine groups is 1. The summed E-state index contributed by atoms with van der Waals surface area (Å²) in [6.45, 7) is 1.60. The molecule has 0 unspecified atom stereocenters. The summed E-state index contributed by atoms with van der Waals surface area (Å²) in [5.74, 6) is -0.125. The third-order valence-corrected chi connectivity index (χ3v) is 4.53. The number of hydrogen-bond donors (Lipinski definition) is 3. The number of benzene rings is 1. The van der Waals surface area contributed by atoms with Crippen molar-refractivity contribution >= 4 is 28.1 Å². The average molecular weight is 419 g/mol. The fraction of sp³-hybridized carbons (Fsp3) is 0.200. The van der Waals surface area contributed by atoms with Crippen LogP contribution in [0.1, 0.15) is 12.5 Å². The van der Waals surface area contributed by atoms with Gasteiger partial charge in [0.25, 0.3) is 10.0 Å². The van der Waals surface area contributed by atoms with Gasteiger partial charge in [0.15, 0.2) is 0 Å². The molecule has 0 spiro atoms. The number of allylic oxidation sites excluding steroid dienone is 2. The van der Waals surface area contributed by atoms with E-state index in [4.69, 9.17) is 4.84 Å². The third kappa shape index (κ3) is 5.99. The van der Waals surface area contributed by atoms with Crippen LogP contribution in [0.2, 0.25) is 0 Å². The van der Waals surface area contributed by atoms with Gasteiger partial charge in [0, 0.05) is 6.08 Å². The van der Waals surface area contributed by atoms with Gasteiger partial charge in [-0.05, 0) is 24.6 Å². The van der Waals surface area contributed by atoms with Gasteiger partial charge >= 0.3 is 12.2 Å². The van der Waals surface area contributed by atoms with Gasteiger partial charge in [-0.3, -0.25) is 10.2 Å². The van der Waals surface area contributed by atoms with Crippen molar-refractivity contribution in [3.05, 3.63) is 47.8 Å². The molecular weight excluding hydrogens is 403 g/mol. The van der Waals surface area contributed by atoms with Gasteiger partial charge in [0.2, 0.25) is 5.96 Å². The summed E-state index contributed by atoms with van der Waals surface area (Å²) in [7, 11) is -3.12. The highest BCUT2D eigenvalue weighted by molar-refractivity contribution is 7.90. The maximum Gasteiger partial charge on any atom is 0.409 e. The van der Waals surface area contributed by atoms with Crippen molar-refractivity contribution in [2.75, 3.05) is 7.11 Å². The van der Waals surface area contributed by atoms with E-state index in [0.717, 1.165) is 11.2 Å². The van der Waals surface area contributed by atoms with Crippen LogP contribution in [0.3, 0.4) is 0 Å². The lowest BCUT2D eigenvalue weighted by molar-refractivity contribution is -0.114. The summed E-state index contributed by atoms with van der Waals surface area (Å²) >= 11 is 0. The predicted molar refractivity (Wildman–Crippen MR) is 93.6 cm³/mol. The smallest absolute Gasteiger partial charge is 0.276 e. The molecule has 1 aliphatic heterocycles. The molecule has 1 heterocycles. The molecule has 1 aromatic carbocycles. The maximum atomic E-state index is 12.4. The molecule has 0 aliphatic carbocycles. The number of amides is 2. The highest BCUT2D eigenvalue weighted by Gasteiger charge is 2.25. The van der Waals surface area contributed by atoms with Crippen LogP contribution in [0.5, 0.6) is 0 Å². The molecule has 0 fully saturated rings. The highest BCUT2D eigenvalue weighted by atomic mass is 32.2. The van der Waals surface area contributed by atoms with E-state index in [1.54, 1.807) is 11.6 Å². The molecule has 0 saturated carbocycles. The lowest BCUT2D eigenvalue weighted by Gasteiger charge is -2.24. The first kappa shape index (κ1) is 21.2. The fourth-order valence-electron chi connectivity index (χ4n) is 2.05. The number of urea groups is 1. The van der Waals surface area contributed by atoms with Crippen LogP contribution < -0.4 is 15.5 Å². The van der Waals surface area contributed by atoms with E-state index in [-0.39, 0.29) is 17.6 Å². The van der Waals surface area contributed by atoms with Crippen molar-refractivity contribution in [3.63, 3.8) is 0 Å². The molecule has 1 aliphatic rings. The number of alkyl halides is 3. The topological polar surface area (TPSA) is 112 Å². The zero-order valence-electron chi connectivity index (χ0n) is 14.6. The van der Waals surface area contributed by atoms with E-state index in [0.29, 0.717) is 11.8 Å². The number of sulfonamides is 1. The van der Waals surface area contributed by atoms with E-state index in [9.17, 15) is 26.4 Å². The second kappa shape index (κ2) is 8.31. The van der Waals surface area contributed by atoms with Crippen molar-refractivity contribution in [2.24, 2.45) is 4.99 Å². The van der Waals surface area contributed by atoms with Gasteiger partial charge in [-0.25, -0.2) is 28.4 Å². The molecule has 0 atom stereocenters. The Kier molecular flexibility index (Phi) is 6.30. The third-order valence-electron chi connectivity index (χ3n) is 3.12. The van der Waals surface area contributed by atoms with Crippen LogP contribution in [0.25, 0.3) is 6.08 Å². The number of carbonyl (C=O) groups is 1. The number of halogens is 3. The van der Waals surface area contributed by atoms with E-state index < -0.39 is 27.1 Å². The Labute approximate surface area is 158 Å². The molecule has 0 bridgehead atoms. The molecule has 28 heavy (non-hydrogen) atoms. The molecule has 13 heteroatoms. The second-order valence-corrected chi connectivity index (χ2v) is 6.97. The normalized spacial score (nSPS) is 15.0. The average Bonchev–Trinajstić information content (AvgIpc) is 2.58. The van der Waals surface area contributed by atoms with Crippen molar-refractivity contribution in [1.29, 1.82) is 0 Å². The van der Waals surface area contributed by atoms with Gasteiger partial charge < -0.3 is 0 Å². The highest BCUT2D eigenvalue weighted by Crippen LogP contribution is 2.22. The minimum atomic E-state index is -4.62. The van der Waals surface area contributed by atoms with Crippen LogP contribution in [-0.2, 0) is 14.9 Å². The molecule has 1 aromatic rings. The molecule has 2 rings (SSSR count). The standard InChI is InChI=1S/C15H16F3N5O4S/c1-10-9-23(27-2)21-13(19-10)20-14(24)22-28(25,26)12-6-4-3-5-11(12)7-8-15(16,17)18/h3-9H,1-2H3,(H3,19,20,21,22,24). The van der Waals surface area contributed by atoms with Crippen molar-refractivity contribution in [2.45, 2.75) is 18.0 Å². The van der Waals surface area contributed by atoms with E-state index in [1.807, 2.05) is 0 Å². The zero-order chi connectivity index (χ0) is 20.9. The van der Waals surface area contributed by atoms with Gasteiger partial charge in [-0.15, -0.1) is 0 Å². The van der Waals surface area contributed by atoms with Crippen LogP contribution in [0, 0.1) is 0 Å². The Hall–Kier alpha value is -3.06. The minimum Gasteiger partial charge on any atom is -0.276 e. The summed E-state index contributed by atoms with van der Waals surface area (Å²) in [5, 5.41) is 3.28. The monoisotopic (exact) mass is 419 g/mol. The van der Waals surface area contributed by atoms with Crippen molar-refractivity contribution in [1.82, 2.24) is 20.6 Å². The number of nitrogens with zero attached hydrogens (tertiary/aromatic N) is 2. The molecular formula is C15H16F3N5O4S. The largest absolute Gasteiger partial charge is 0.409 e. The van der Waals surface area contributed by atoms with Gasteiger partial charge in [-0.2, -0.15) is 18.3 Å². The SMILES string of the molecule is CON1C=C(C)N=C(NC(=O)NS(=O)(=O)c2ccccc2C=CC(F)(F)F)N1. The Morgan fingerprint density at radius 3 is 2.64 bits per heavy atom. The van der Waals surface area contributed by atoms with E-state index in [1.165, 1.54) is 31.5 Å². The van der Waals surface area contributed by atoms with Crippen LogP contribution >= 0.6 is 0 Å². The summed E-state index contributed by atoms with van der Waals surface area (Å²) in [6.07, 6.45) is -2.66. The zero-order valence-corrected chi connectivity index (χ0v) is 15.4. The lowest BCUT2D eigenvalue weighted by atomic mass is 10.2. The van der Waals surface area contributed by atoms with Crippen LogP contribution in [0.15, 0.2) is 52.1 Å². The number of hydroxylamine groups is 1. The van der Waals surface area contributed by atoms with Crippen LogP contribution in [-0.4, -0.2) is 38.9 Å². The minimum absolute atomic E-state index is 0.101. The van der Waals surface area contributed by atoms with Gasteiger partial charge in [-0.1, -0.05) is 18.2 Å². The molecule has 3 N–H and O–H groups in total. The Morgan fingerprint density at radius 1 is 1.32 bits per heavy atom. The number of hydrogen-bond acceptors (Lipinski definition) is 7. The van der Waals surface area contributed by atoms with Crippen molar-refractivity contribution in [3.8, 4) is 0 Å². The maximum absolute atomic E-state index is 12.4. The molecule has 152 valence electrons. The van der Waals surface area contributed by atoms with E-state index >= 15 is 0 Å². The van der Waals surface area contributed by atoms with Gasteiger partial charge in [0.1, 0.15) is 0 Å². The summed E-state index contributed by atoms with van der Waals surface area (Å²) < 4.78 is 63.7. The molecule has 9 nitrogen and oxygen atoms in total. The summed E-state index contributed by atoms with van der Waals surface area (Å²) in [6, 6.07) is 3.75. The molecule has 0 radical (unpaired) electrons. The first-order valence-electron chi connectivity index (χ1n) is 7.56. The molecule has 2 amide bonds. The number of aliphatic imine (C=N–C) groups is 1. The fourth-order valence-corrected chi connectivity index (χ4v) is 3.16. The lowest BCUT2D eigenvalue weighted by Crippen LogP contribution is -2.52. The summed E-state index contributed by atoms with van der Waals surface area (Å²) in [5.41, 5.74) is 2.73. The van der Waals surface area contributed by atoms with E-state index in [2.05, 4.69) is 15.7 Å². The second-order valence-electron chi connectivity index (χ2n) is 5.32. The van der Waals surface area contributed by atoms with Crippen molar-refractivity contribution < 1.29 is 31.2 Å². The number of carbonyl (C=O) groups excluding carboxylic acids is 1. The first-order chi connectivity index (χ1) is 13.0. The first-order valence-corrected chi connectivity index (χ1v) is 9.04. The Morgan fingerprint density at radius 2 is 2.00 bits per heavy atom. The number of rotatable bonds is 4. The molecule has 0 aromatic heterocycles. The number of guanidine groups is 1. The predicted octanol–water partition coefficient (Wildman–Crippen LogP) is 1.85. The molecule has 0 saturated heterocycles. The number of nitrogens with one attached hydrogen (secondary N) is 3. The van der Waals surface area contributed by atoms with Crippen LogP contribution in [0.4, 0.5) is 18.0 Å². The summed E-state index contributed by atoms with van der Waals surface area (Å²) in [4.78, 5) is 20.4. The van der Waals surface area contributed by atoms with Gasteiger partial charge in [0.05, 0.1) is 23.9 Å². The Balaban J connectivity index is 2.17. The quantitative estimate of drug-likeness (QED) is 0.687.